The molecular weight excluding hydrogens is 476 g/mol. The highest BCUT2D eigenvalue weighted by Gasteiger charge is 2.17. The molecule has 4 heterocycles. The molecule has 0 bridgehead atoms. The van der Waals surface area contributed by atoms with Crippen LogP contribution in [0.4, 0.5) is 20.5 Å². The van der Waals surface area contributed by atoms with Gasteiger partial charge in [-0.15, -0.1) is 0 Å². The van der Waals surface area contributed by atoms with Crippen molar-refractivity contribution in [3.05, 3.63) is 76.3 Å². The second kappa shape index (κ2) is 10.3. The summed E-state index contributed by atoms with van der Waals surface area (Å²) in [6.45, 7) is 8.81. The van der Waals surface area contributed by atoms with Crippen molar-refractivity contribution in [3.8, 4) is 11.3 Å². The second-order valence-corrected chi connectivity index (χ2v) is 9.68. The predicted molar refractivity (Wildman–Crippen MR) is 140 cm³/mol. The molecule has 4 aromatic rings. The van der Waals surface area contributed by atoms with E-state index in [0.717, 1.165) is 50.6 Å². The molecule has 10 heteroatoms. The van der Waals surface area contributed by atoms with Crippen molar-refractivity contribution in [3.63, 3.8) is 0 Å². The van der Waals surface area contributed by atoms with Crippen LogP contribution in [0.25, 0.3) is 22.2 Å². The Labute approximate surface area is 213 Å². The zero-order chi connectivity index (χ0) is 26.1. The van der Waals surface area contributed by atoms with Crippen LogP contribution in [0.5, 0.6) is 0 Å². The Morgan fingerprint density at radius 2 is 1.78 bits per heavy atom. The van der Waals surface area contributed by atoms with Crippen LogP contribution in [-0.2, 0) is 6.54 Å². The Morgan fingerprint density at radius 3 is 2.49 bits per heavy atom. The number of nitrogens with zero attached hydrogens (tertiary/aromatic N) is 6. The fraction of sp³-hybridized carbons (Fsp3) is 0.333. The average Bonchev–Trinajstić information content (AvgIpc) is 2.87. The highest BCUT2D eigenvalue weighted by atomic mass is 19.1. The lowest BCUT2D eigenvalue weighted by Gasteiger charge is -2.32. The van der Waals surface area contributed by atoms with E-state index in [1.807, 2.05) is 26.0 Å². The quantitative estimate of drug-likeness (QED) is 0.421. The van der Waals surface area contributed by atoms with Gasteiger partial charge in [0.1, 0.15) is 17.3 Å². The number of pyridine rings is 2. The van der Waals surface area contributed by atoms with Gasteiger partial charge >= 0.3 is 0 Å². The Morgan fingerprint density at radius 1 is 1.00 bits per heavy atom. The van der Waals surface area contributed by atoms with Gasteiger partial charge in [-0.25, -0.2) is 23.7 Å². The minimum Gasteiger partial charge on any atom is -0.345 e. The molecule has 1 N–H and O–H groups in total. The van der Waals surface area contributed by atoms with E-state index < -0.39 is 17.1 Å². The summed E-state index contributed by atoms with van der Waals surface area (Å²) in [6.07, 6.45) is 4.45. The summed E-state index contributed by atoms with van der Waals surface area (Å²) in [5.41, 5.74) is 1.19. The number of benzene rings is 1. The van der Waals surface area contributed by atoms with E-state index in [-0.39, 0.29) is 28.6 Å². The second-order valence-electron chi connectivity index (χ2n) is 9.68. The third-order valence-corrected chi connectivity index (χ3v) is 6.62. The molecule has 3 aromatic heterocycles. The fourth-order valence-corrected chi connectivity index (χ4v) is 4.54. The monoisotopic (exact) mass is 505 g/mol. The van der Waals surface area contributed by atoms with Crippen LogP contribution in [0.1, 0.15) is 25.5 Å². The Bertz CT molecular complexity index is 1480. The summed E-state index contributed by atoms with van der Waals surface area (Å²) >= 11 is 0. The number of piperazine rings is 1. The van der Waals surface area contributed by atoms with Gasteiger partial charge in [0.05, 0.1) is 17.1 Å². The molecule has 0 spiro atoms. The van der Waals surface area contributed by atoms with Crippen LogP contribution in [0.2, 0.25) is 0 Å². The molecule has 0 atom stereocenters. The first-order valence-corrected chi connectivity index (χ1v) is 12.3. The van der Waals surface area contributed by atoms with E-state index in [1.54, 1.807) is 23.0 Å². The maximum Gasteiger partial charge on any atom is 0.229 e. The van der Waals surface area contributed by atoms with Gasteiger partial charge in [-0.1, -0.05) is 6.07 Å². The van der Waals surface area contributed by atoms with E-state index in [2.05, 4.69) is 37.1 Å². The van der Waals surface area contributed by atoms with Gasteiger partial charge in [-0.3, -0.25) is 9.69 Å². The first-order valence-electron chi connectivity index (χ1n) is 12.3. The Balaban J connectivity index is 1.40. The minimum absolute atomic E-state index is 0.0319. The lowest BCUT2D eigenvalue weighted by Crippen LogP contribution is -2.43. The number of aromatic nitrogens is 4. The average molecular weight is 506 g/mol. The molecule has 1 saturated heterocycles. The van der Waals surface area contributed by atoms with E-state index in [0.29, 0.717) is 11.3 Å². The molecule has 0 aliphatic carbocycles. The fourth-order valence-electron chi connectivity index (χ4n) is 4.54. The van der Waals surface area contributed by atoms with Crippen molar-refractivity contribution in [2.75, 3.05) is 38.5 Å². The molecule has 192 valence electrons. The Hall–Kier alpha value is -3.76. The number of hydrogen-bond donors (Lipinski definition) is 1. The van der Waals surface area contributed by atoms with E-state index in [4.69, 9.17) is 0 Å². The number of fused-ring (bicyclic) bond motifs is 1. The van der Waals surface area contributed by atoms with Crippen molar-refractivity contribution in [1.82, 2.24) is 29.3 Å². The SMILES string of the molecule is CC(C)n1ccc(=O)c2c(F)cc(-c3nc(Nc4ccc(CN5CCN(C)CC5)cn4)ncc3F)cc21. The minimum atomic E-state index is -0.724. The summed E-state index contributed by atoms with van der Waals surface area (Å²) in [7, 11) is 2.13. The summed E-state index contributed by atoms with van der Waals surface area (Å²) in [5, 5.41) is 2.97. The van der Waals surface area contributed by atoms with Crippen molar-refractivity contribution in [2.45, 2.75) is 26.4 Å². The van der Waals surface area contributed by atoms with Crippen molar-refractivity contribution in [1.29, 1.82) is 0 Å². The van der Waals surface area contributed by atoms with Gasteiger partial charge in [0.25, 0.3) is 0 Å². The molecule has 0 amide bonds. The van der Waals surface area contributed by atoms with Crippen LogP contribution in [0, 0.1) is 11.6 Å². The van der Waals surface area contributed by atoms with E-state index in [9.17, 15) is 9.18 Å². The number of anilines is 2. The maximum atomic E-state index is 15.0. The molecule has 0 saturated carbocycles. The van der Waals surface area contributed by atoms with Crippen LogP contribution < -0.4 is 10.7 Å². The van der Waals surface area contributed by atoms with E-state index in [1.165, 1.54) is 6.07 Å². The molecule has 1 aliphatic rings. The molecule has 1 aromatic carbocycles. The molecule has 5 rings (SSSR count). The normalized spacial score (nSPS) is 15.0. The number of rotatable bonds is 6. The topological polar surface area (TPSA) is 79.2 Å². The van der Waals surface area contributed by atoms with Gasteiger partial charge in [-0.2, -0.15) is 0 Å². The lowest BCUT2D eigenvalue weighted by molar-refractivity contribution is 0.148. The zero-order valence-electron chi connectivity index (χ0n) is 21.1. The van der Waals surface area contributed by atoms with Gasteiger partial charge in [-0.05, 0) is 44.7 Å². The molecule has 1 aliphatic heterocycles. The highest BCUT2D eigenvalue weighted by Crippen LogP contribution is 2.28. The van der Waals surface area contributed by atoms with Gasteiger partial charge < -0.3 is 14.8 Å². The lowest BCUT2D eigenvalue weighted by atomic mass is 10.1. The Kier molecular flexibility index (Phi) is 6.94. The number of likely N-dealkylation sites (N-methyl/N-ethyl adjacent to an activating group) is 1. The number of nitrogens with one attached hydrogen (secondary N) is 1. The van der Waals surface area contributed by atoms with Gasteiger partial charge in [0.15, 0.2) is 11.2 Å². The van der Waals surface area contributed by atoms with Crippen molar-refractivity contribution in [2.24, 2.45) is 0 Å². The van der Waals surface area contributed by atoms with Crippen LogP contribution in [0.15, 0.2) is 53.7 Å². The third-order valence-electron chi connectivity index (χ3n) is 6.62. The molecular formula is C27H29F2N7O. The third kappa shape index (κ3) is 5.35. The molecule has 0 unspecified atom stereocenters. The number of hydrogen-bond acceptors (Lipinski definition) is 7. The first-order chi connectivity index (χ1) is 17.8. The number of halogens is 2. The molecule has 8 nitrogen and oxygen atoms in total. The molecule has 1 fully saturated rings. The van der Waals surface area contributed by atoms with Gasteiger partial charge in [0.2, 0.25) is 5.95 Å². The summed E-state index contributed by atoms with van der Waals surface area (Å²) in [5.74, 6) is -0.782. The largest absolute Gasteiger partial charge is 0.345 e. The van der Waals surface area contributed by atoms with Crippen LogP contribution in [-0.4, -0.2) is 62.5 Å². The molecule has 0 radical (unpaired) electrons. The first kappa shape index (κ1) is 24.9. The summed E-state index contributed by atoms with van der Waals surface area (Å²) in [6, 6.07) is 7.84. The summed E-state index contributed by atoms with van der Waals surface area (Å²) in [4.78, 5) is 29.8. The maximum absolute atomic E-state index is 15.0. The predicted octanol–water partition coefficient (Wildman–Crippen LogP) is 4.20. The summed E-state index contributed by atoms with van der Waals surface area (Å²) < 4.78 is 31.6. The molecule has 37 heavy (non-hydrogen) atoms. The highest BCUT2D eigenvalue weighted by molar-refractivity contribution is 5.85. The van der Waals surface area contributed by atoms with E-state index >= 15 is 4.39 Å². The smallest absolute Gasteiger partial charge is 0.229 e. The van der Waals surface area contributed by atoms with Crippen LogP contribution in [0.3, 0.4) is 0 Å². The van der Waals surface area contributed by atoms with Gasteiger partial charge in [0, 0.05) is 62.8 Å². The zero-order valence-corrected chi connectivity index (χ0v) is 21.1. The van der Waals surface area contributed by atoms with Crippen molar-refractivity contribution >= 4 is 22.7 Å². The standard InChI is InChI=1S/C27H29F2N7O/c1-17(2)36-7-6-23(37)25-20(28)12-19(13-22(25)36)26-21(29)15-31-27(33-26)32-24-5-4-18(14-30-24)16-35-10-8-34(3)9-11-35/h4-7,12-15,17H,8-11,16H2,1-3H3,(H,30,31,32,33). The van der Waals surface area contributed by atoms with Crippen molar-refractivity contribution < 1.29 is 8.78 Å². The van der Waals surface area contributed by atoms with Crippen LogP contribution >= 0.6 is 0 Å².